The molecule has 1 aliphatic heterocycles. The summed E-state index contributed by atoms with van der Waals surface area (Å²) in [6, 6.07) is 4.42. The molecule has 0 saturated carbocycles. The molecule has 1 aromatic carbocycles. The Morgan fingerprint density at radius 3 is 2.83 bits per heavy atom. The lowest BCUT2D eigenvalue weighted by molar-refractivity contribution is 0.00876. The number of halogens is 1. The van der Waals surface area contributed by atoms with Crippen molar-refractivity contribution in [2.75, 3.05) is 6.54 Å². The fraction of sp³-hybridized carbons (Fsp3) is 0.556. The summed E-state index contributed by atoms with van der Waals surface area (Å²) >= 11 is 0. The van der Waals surface area contributed by atoms with Gasteiger partial charge in [-0.3, -0.25) is 0 Å². The summed E-state index contributed by atoms with van der Waals surface area (Å²) in [6.07, 6.45) is 1.40. The van der Waals surface area contributed by atoms with Crippen molar-refractivity contribution >= 4 is 17.2 Å². The monoisotopic (exact) mass is 334 g/mol. The van der Waals surface area contributed by atoms with Crippen LogP contribution in [0.15, 0.2) is 22.6 Å². The van der Waals surface area contributed by atoms with E-state index in [1.54, 1.807) is 11.0 Å². The third-order valence-electron chi connectivity index (χ3n) is 4.23. The average Bonchev–Trinajstić information content (AvgIpc) is 2.88. The molecule has 1 fully saturated rings. The molecule has 0 radical (unpaired) electrons. The summed E-state index contributed by atoms with van der Waals surface area (Å²) in [5.41, 5.74) is 0.542. The third-order valence-corrected chi connectivity index (χ3v) is 4.23. The third kappa shape index (κ3) is 3.52. The first-order valence-corrected chi connectivity index (χ1v) is 8.28. The number of carbonyl (C=O) groups is 1. The smallest absolute Gasteiger partial charge is 0.410 e. The summed E-state index contributed by atoms with van der Waals surface area (Å²) < 4.78 is 24.5. The van der Waals surface area contributed by atoms with Crippen molar-refractivity contribution in [3.63, 3.8) is 0 Å². The molecule has 3 rings (SSSR count). The van der Waals surface area contributed by atoms with E-state index in [2.05, 4.69) is 4.98 Å². The lowest BCUT2D eigenvalue weighted by atomic mass is 9.94. The van der Waals surface area contributed by atoms with Gasteiger partial charge in [0.15, 0.2) is 11.5 Å². The van der Waals surface area contributed by atoms with E-state index in [9.17, 15) is 9.18 Å². The SMILES string of the molecule is C[C@@H]1CC[C@@H](c2nc3ccc(F)cc3o2)CN1C(=O)OC(C)(C)C. The number of oxazole rings is 1. The van der Waals surface area contributed by atoms with Crippen molar-refractivity contribution in [1.82, 2.24) is 9.88 Å². The van der Waals surface area contributed by atoms with E-state index in [0.29, 0.717) is 23.5 Å². The van der Waals surface area contributed by atoms with E-state index >= 15 is 0 Å². The number of nitrogens with zero attached hydrogens (tertiary/aromatic N) is 2. The second-order valence-electron chi connectivity index (χ2n) is 7.42. The van der Waals surface area contributed by atoms with Gasteiger partial charge in [-0.15, -0.1) is 0 Å². The molecule has 0 spiro atoms. The number of rotatable bonds is 1. The van der Waals surface area contributed by atoms with Crippen LogP contribution in [0.1, 0.15) is 52.3 Å². The maximum atomic E-state index is 13.3. The minimum absolute atomic E-state index is 0.0100. The Balaban J connectivity index is 1.80. The van der Waals surface area contributed by atoms with Gasteiger partial charge in [-0.25, -0.2) is 14.2 Å². The Bertz CT molecular complexity index is 750. The zero-order chi connectivity index (χ0) is 17.5. The fourth-order valence-electron chi connectivity index (χ4n) is 2.97. The van der Waals surface area contributed by atoms with Gasteiger partial charge in [-0.1, -0.05) is 0 Å². The molecule has 0 aliphatic carbocycles. The molecule has 5 nitrogen and oxygen atoms in total. The highest BCUT2D eigenvalue weighted by Gasteiger charge is 2.34. The van der Waals surface area contributed by atoms with Crippen LogP contribution >= 0.6 is 0 Å². The van der Waals surface area contributed by atoms with E-state index < -0.39 is 5.60 Å². The van der Waals surface area contributed by atoms with Crippen LogP contribution in [-0.2, 0) is 4.74 Å². The predicted molar refractivity (Wildman–Crippen MR) is 88.3 cm³/mol. The second-order valence-corrected chi connectivity index (χ2v) is 7.42. The van der Waals surface area contributed by atoms with E-state index in [1.165, 1.54) is 12.1 Å². The summed E-state index contributed by atoms with van der Waals surface area (Å²) in [6.45, 7) is 8.07. The highest BCUT2D eigenvalue weighted by atomic mass is 19.1. The molecule has 1 aromatic heterocycles. The topological polar surface area (TPSA) is 55.6 Å². The van der Waals surface area contributed by atoms with Crippen LogP contribution in [0.2, 0.25) is 0 Å². The Morgan fingerprint density at radius 1 is 1.38 bits per heavy atom. The first kappa shape index (κ1) is 16.7. The van der Waals surface area contributed by atoms with Gasteiger partial charge in [0, 0.05) is 18.7 Å². The van der Waals surface area contributed by atoms with Gasteiger partial charge in [0.2, 0.25) is 0 Å². The van der Waals surface area contributed by atoms with Gasteiger partial charge >= 0.3 is 6.09 Å². The minimum Gasteiger partial charge on any atom is -0.444 e. The van der Waals surface area contributed by atoms with Gasteiger partial charge < -0.3 is 14.1 Å². The maximum Gasteiger partial charge on any atom is 0.410 e. The lowest BCUT2D eigenvalue weighted by Gasteiger charge is -2.37. The largest absolute Gasteiger partial charge is 0.444 e. The van der Waals surface area contributed by atoms with Crippen molar-refractivity contribution in [2.45, 2.75) is 58.1 Å². The van der Waals surface area contributed by atoms with E-state index in [0.717, 1.165) is 12.8 Å². The van der Waals surface area contributed by atoms with Gasteiger partial charge in [-0.05, 0) is 52.7 Å². The number of hydrogen-bond acceptors (Lipinski definition) is 4. The van der Waals surface area contributed by atoms with Crippen molar-refractivity contribution in [3.8, 4) is 0 Å². The number of benzene rings is 1. The van der Waals surface area contributed by atoms with E-state index in [4.69, 9.17) is 9.15 Å². The summed E-state index contributed by atoms with van der Waals surface area (Å²) in [5.74, 6) is 0.193. The van der Waals surface area contributed by atoms with Crippen LogP contribution < -0.4 is 0 Å². The Morgan fingerprint density at radius 2 is 2.12 bits per heavy atom. The van der Waals surface area contributed by atoms with Gasteiger partial charge in [-0.2, -0.15) is 0 Å². The van der Waals surface area contributed by atoms with Crippen molar-refractivity contribution in [2.24, 2.45) is 0 Å². The highest BCUT2D eigenvalue weighted by Crippen LogP contribution is 2.32. The number of piperidine rings is 1. The fourth-order valence-corrected chi connectivity index (χ4v) is 2.97. The quantitative estimate of drug-likeness (QED) is 0.772. The molecule has 2 aromatic rings. The van der Waals surface area contributed by atoms with Gasteiger partial charge in [0.05, 0.1) is 5.92 Å². The second kappa shape index (κ2) is 6.07. The van der Waals surface area contributed by atoms with Crippen molar-refractivity contribution in [1.29, 1.82) is 0 Å². The van der Waals surface area contributed by atoms with Gasteiger partial charge in [0.25, 0.3) is 0 Å². The number of ether oxygens (including phenoxy) is 1. The Kier molecular flexibility index (Phi) is 4.24. The average molecular weight is 334 g/mol. The van der Waals surface area contributed by atoms with Crippen LogP contribution in [0.3, 0.4) is 0 Å². The molecule has 0 bridgehead atoms. The molecule has 2 heterocycles. The molecule has 2 atom stereocenters. The van der Waals surface area contributed by atoms with Crippen LogP contribution in [0.5, 0.6) is 0 Å². The molecular weight excluding hydrogens is 311 g/mol. The number of aromatic nitrogens is 1. The Hall–Kier alpha value is -2.11. The van der Waals surface area contributed by atoms with E-state index in [1.807, 2.05) is 27.7 Å². The molecule has 1 aliphatic rings. The lowest BCUT2D eigenvalue weighted by Crippen LogP contribution is -2.47. The summed E-state index contributed by atoms with van der Waals surface area (Å²) in [4.78, 5) is 18.6. The molecular formula is C18H23FN2O3. The molecule has 0 unspecified atom stereocenters. The molecule has 1 saturated heterocycles. The van der Waals surface area contributed by atoms with Gasteiger partial charge in [0.1, 0.15) is 16.9 Å². The van der Waals surface area contributed by atoms with Crippen LogP contribution in [0, 0.1) is 5.82 Å². The minimum atomic E-state index is -0.529. The number of likely N-dealkylation sites (tertiary alicyclic amines) is 1. The summed E-state index contributed by atoms with van der Waals surface area (Å²) in [5, 5.41) is 0. The normalized spacial score (nSPS) is 22.0. The van der Waals surface area contributed by atoms with E-state index in [-0.39, 0.29) is 23.9 Å². The first-order chi connectivity index (χ1) is 11.2. The predicted octanol–water partition coefficient (Wildman–Crippen LogP) is 4.47. The Labute approximate surface area is 140 Å². The highest BCUT2D eigenvalue weighted by molar-refractivity contribution is 5.72. The first-order valence-electron chi connectivity index (χ1n) is 8.28. The van der Waals surface area contributed by atoms with Crippen molar-refractivity contribution < 1.29 is 18.3 Å². The number of carbonyl (C=O) groups excluding carboxylic acids is 1. The molecule has 1 amide bonds. The number of hydrogen-bond donors (Lipinski definition) is 0. The molecule has 0 N–H and O–H groups in total. The maximum absolute atomic E-state index is 13.3. The molecule has 24 heavy (non-hydrogen) atoms. The molecule has 130 valence electrons. The summed E-state index contributed by atoms with van der Waals surface area (Å²) in [7, 11) is 0. The van der Waals surface area contributed by atoms with Crippen molar-refractivity contribution in [3.05, 3.63) is 29.9 Å². The number of fused-ring (bicyclic) bond motifs is 1. The van der Waals surface area contributed by atoms with Crippen LogP contribution in [-0.4, -0.2) is 34.2 Å². The standard InChI is InChI=1S/C18H23FN2O3/c1-11-5-6-12(10-21(11)17(22)24-18(2,3)4)16-20-14-8-7-13(19)9-15(14)23-16/h7-9,11-12H,5-6,10H2,1-4H3/t11-,12-/m1/s1. The zero-order valence-electron chi connectivity index (χ0n) is 14.5. The van der Waals surface area contributed by atoms with Crippen LogP contribution in [0.4, 0.5) is 9.18 Å². The number of amides is 1. The van der Waals surface area contributed by atoms with Crippen LogP contribution in [0.25, 0.3) is 11.1 Å². The molecule has 6 heteroatoms. The zero-order valence-corrected chi connectivity index (χ0v) is 14.5.